The third-order valence-corrected chi connectivity index (χ3v) is 4.95. The summed E-state index contributed by atoms with van der Waals surface area (Å²) in [6.07, 6.45) is 0.0582. The van der Waals surface area contributed by atoms with Crippen molar-refractivity contribution in [2.24, 2.45) is 0 Å². The lowest BCUT2D eigenvalue weighted by Gasteiger charge is -2.38. The van der Waals surface area contributed by atoms with Gasteiger partial charge in [-0.1, -0.05) is 43.9 Å². The van der Waals surface area contributed by atoms with E-state index in [9.17, 15) is 0 Å². The molecule has 12 heavy (non-hydrogen) atoms. The quantitative estimate of drug-likeness (QED) is 0.578. The van der Waals surface area contributed by atoms with E-state index in [4.69, 9.17) is 1.37 Å². The topological polar surface area (TPSA) is 0 Å². The molecule has 0 radical (unpaired) electrons. The summed E-state index contributed by atoms with van der Waals surface area (Å²) in [5.41, 5.74) is 3.26. The summed E-state index contributed by atoms with van der Waals surface area (Å²) < 4.78 is 8.04. The molecule has 1 aliphatic rings. The average Bonchev–Trinajstić information content (AvgIpc) is 2.00. The highest BCUT2D eigenvalue weighted by Gasteiger charge is 2.35. The van der Waals surface area contributed by atoms with Crippen LogP contribution in [0.25, 0.3) is 0 Å². The first-order chi connectivity index (χ1) is 6.02. The third kappa shape index (κ3) is 1.12. The van der Waals surface area contributed by atoms with Crippen LogP contribution in [-0.4, -0.2) is 8.07 Å². The fraction of sp³-hybridized carbons (Fsp3) is 0.455. The number of benzene rings is 1. The van der Waals surface area contributed by atoms with Gasteiger partial charge in [-0.2, -0.15) is 0 Å². The van der Waals surface area contributed by atoms with Crippen LogP contribution in [0.5, 0.6) is 0 Å². The van der Waals surface area contributed by atoms with E-state index in [2.05, 4.69) is 37.8 Å². The predicted molar refractivity (Wildman–Crippen MR) is 56.2 cm³/mol. The molecule has 0 aliphatic heterocycles. The van der Waals surface area contributed by atoms with E-state index in [0.717, 1.165) is 0 Å². The smallest absolute Gasteiger partial charge is 0.0525 e. The molecule has 2 atom stereocenters. The molecule has 0 heterocycles. The van der Waals surface area contributed by atoms with Gasteiger partial charge in [-0.3, -0.25) is 0 Å². The molecule has 0 unspecified atom stereocenters. The van der Waals surface area contributed by atoms with Gasteiger partial charge in [0.2, 0.25) is 0 Å². The average molecular weight is 177 g/mol. The maximum atomic E-state index is 8.04. The molecule has 0 bridgehead atoms. The highest BCUT2D eigenvalue weighted by molar-refractivity contribution is 6.77. The van der Waals surface area contributed by atoms with E-state index in [1.165, 1.54) is 11.1 Å². The number of hydrogen-bond acceptors (Lipinski definition) is 0. The zero-order valence-corrected chi connectivity index (χ0v) is 8.96. The van der Waals surface area contributed by atoms with Gasteiger partial charge in [0.05, 0.1) is 8.07 Å². The molecule has 0 saturated heterocycles. The number of hydrogen-bond donors (Lipinski definition) is 0. The van der Waals surface area contributed by atoms with Gasteiger partial charge in [-0.05, 0) is 23.1 Å². The van der Waals surface area contributed by atoms with Crippen LogP contribution >= 0.6 is 0 Å². The Labute approximate surface area is 77.0 Å². The second kappa shape index (κ2) is 2.46. The Morgan fingerprint density at radius 1 is 1.33 bits per heavy atom. The van der Waals surface area contributed by atoms with Crippen LogP contribution in [0.3, 0.4) is 0 Å². The van der Waals surface area contributed by atoms with Crippen LogP contribution in [0.4, 0.5) is 0 Å². The van der Waals surface area contributed by atoms with E-state index in [-0.39, 0.29) is 6.40 Å². The van der Waals surface area contributed by atoms with Gasteiger partial charge in [0.1, 0.15) is 0 Å². The first-order valence-electron chi connectivity index (χ1n) is 5.10. The molecule has 0 aromatic heterocycles. The van der Waals surface area contributed by atoms with Crippen LogP contribution in [0.1, 0.15) is 18.0 Å². The standard InChI is InChI=1S/C11H16Si/c1-12(2,3)11-8-9-6-4-5-7-10(9)11/h4-7,11H,8H2,1-3H3/t11-/m0/s1/i8D/t8-,11+/m1. The molecule has 1 aliphatic carbocycles. The Morgan fingerprint density at radius 3 is 2.67 bits per heavy atom. The largest absolute Gasteiger partial charge is 0.0691 e. The van der Waals surface area contributed by atoms with Crippen molar-refractivity contribution in [2.45, 2.75) is 31.6 Å². The SMILES string of the molecule is [2H][C@@H]1c2ccccc2[C@H]1[Si](C)(C)C. The zero-order chi connectivity index (χ0) is 9.64. The van der Waals surface area contributed by atoms with Gasteiger partial charge >= 0.3 is 0 Å². The minimum absolute atomic E-state index is 0.0582. The summed E-state index contributed by atoms with van der Waals surface area (Å²) in [5, 5.41) is 0. The maximum absolute atomic E-state index is 8.04. The summed E-state index contributed by atoms with van der Waals surface area (Å²) in [4.78, 5) is 0. The highest BCUT2D eigenvalue weighted by Crippen LogP contribution is 2.40. The van der Waals surface area contributed by atoms with Crippen LogP contribution in [0.2, 0.25) is 19.6 Å². The summed E-state index contributed by atoms with van der Waals surface area (Å²) in [6, 6.07) is 8.44. The zero-order valence-electron chi connectivity index (χ0n) is 8.96. The monoisotopic (exact) mass is 177 g/mol. The van der Waals surface area contributed by atoms with E-state index in [0.29, 0.717) is 5.54 Å². The number of fused-ring (bicyclic) bond motifs is 1. The Kier molecular flexibility index (Phi) is 1.41. The molecule has 1 heteroatoms. The summed E-state index contributed by atoms with van der Waals surface area (Å²) in [7, 11) is -1.18. The third-order valence-electron chi connectivity index (χ3n) is 2.61. The fourth-order valence-corrected chi connectivity index (χ4v) is 3.71. The Bertz CT molecular complexity index is 327. The fourth-order valence-electron chi connectivity index (χ4n) is 1.84. The first-order valence-corrected chi connectivity index (χ1v) is 8.10. The molecule has 1 aromatic rings. The van der Waals surface area contributed by atoms with Crippen molar-refractivity contribution >= 4 is 8.07 Å². The van der Waals surface area contributed by atoms with Crippen molar-refractivity contribution in [3.8, 4) is 0 Å². The van der Waals surface area contributed by atoms with Crippen molar-refractivity contribution in [1.82, 2.24) is 0 Å². The van der Waals surface area contributed by atoms with Crippen molar-refractivity contribution in [3.05, 3.63) is 35.4 Å². The molecule has 0 nitrogen and oxygen atoms in total. The van der Waals surface area contributed by atoms with Crippen LogP contribution < -0.4 is 0 Å². The lowest BCUT2D eigenvalue weighted by molar-refractivity contribution is 0.770. The van der Waals surface area contributed by atoms with E-state index >= 15 is 0 Å². The minimum Gasteiger partial charge on any atom is -0.0691 e. The molecule has 0 N–H and O–H groups in total. The van der Waals surface area contributed by atoms with Gasteiger partial charge in [0.15, 0.2) is 0 Å². The van der Waals surface area contributed by atoms with Gasteiger partial charge < -0.3 is 0 Å². The van der Waals surface area contributed by atoms with Gasteiger partial charge in [0.25, 0.3) is 0 Å². The van der Waals surface area contributed by atoms with Crippen LogP contribution in [-0.2, 0) is 6.40 Å². The Hall–Kier alpha value is -0.563. The number of rotatable bonds is 1. The second-order valence-corrected chi connectivity index (χ2v) is 9.99. The summed E-state index contributed by atoms with van der Waals surface area (Å²) in [5.74, 6) is 0. The lowest BCUT2D eigenvalue weighted by atomic mass is 9.88. The van der Waals surface area contributed by atoms with Gasteiger partial charge in [0, 0.05) is 1.37 Å². The van der Waals surface area contributed by atoms with Crippen molar-refractivity contribution < 1.29 is 1.37 Å². The van der Waals surface area contributed by atoms with Gasteiger partial charge in [-0.25, -0.2) is 0 Å². The molecule has 64 valence electrons. The normalized spacial score (nSPS) is 28.8. The molecule has 0 fully saturated rings. The van der Waals surface area contributed by atoms with E-state index < -0.39 is 8.07 Å². The molecule has 0 spiro atoms. The first kappa shape index (κ1) is 6.90. The van der Waals surface area contributed by atoms with E-state index in [1.807, 2.05) is 6.07 Å². The second-order valence-electron chi connectivity index (χ2n) is 4.64. The molecule has 0 saturated carbocycles. The van der Waals surface area contributed by atoms with Crippen molar-refractivity contribution in [2.75, 3.05) is 0 Å². The predicted octanol–water partition coefficient (Wildman–Crippen LogP) is 3.20. The molecular weight excluding hydrogens is 160 g/mol. The minimum atomic E-state index is -1.18. The van der Waals surface area contributed by atoms with Crippen LogP contribution in [0.15, 0.2) is 24.3 Å². The lowest BCUT2D eigenvalue weighted by Crippen LogP contribution is -2.38. The summed E-state index contributed by atoms with van der Waals surface area (Å²) >= 11 is 0. The molecule has 2 rings (SSSR count). The van der Waals surface area contributed by atoms with Crippen molar-refractivity contribution in [1.29, 1.82) is 0 Å². The van der Waals surface area contributed by atoms with Gasteiger partial charge in [-0.15, -0.1) is 0 Å². The Morgan fingerprint density at radius 2 is 2.00 bits per heavy atom. The Balaban J connectivity index is 2.40. The van der Waals surface area contributed by atoms with Crippen LogP contribution in [0, 0.1) is 0 Å². The molecule has 1 aromatic carbocycles. The summed E-state index contributed by atoms with van der Waals surface area (Å²) in [6.45, 7) is 7.07. The van der Waals surface area contributed by atoms with E-state index in [1.54, 1.807) is 0 Å². The highest BCUT2D eigenvalue weighted by atomic mass is 28.3. The maximum Gasteiger partial charge on any atom is 0.0525 e. The molecule has 0 amide bonds. The van der Waals surface area contributed by atoms with Crippen molar-refractivity contribution in [3.63, 3.8) is 0 Å². The molecular formula is C11H16Si.